The fraction of sp³-hybridized carbons (Fsp3) is 0.190. The lowest BCUT2D eigenvalue weighted by Crippen LogP contribution is -2.29. The van der Waals surface area contributed by atoms with E-state index in [1.807, 2.05) is 42.5 Å². The van der Waals surface area contributed by atoms with Gasteiger partial charge in [0.25, 0.3) is 5.91 Å². The number of halogens is 1. The van der Waals surface area contributed by atoms with Crippen molar-refractivity contribution in [3.63, 3.8) is 0 Å². The molecule has 0 aliphatic heterocycles. The van der Waals surface area contributed by atoms with E-state index in [1.54, 1.807) is 13.0 Å². The van der Waals surface area contributed by atoms with E-state index >= 15 is 0 Å². The van der Waals surface area contributed by atoms with Gasteiger partial charge in [-0.2, -0.15) is 0 Å². The minimum atomic E-state index is -0.353. The highest BCUT2D eigenvalue weighted by atomic mass is 79.9. The summed E-state index contributed by atoms with van der Waals surface area (Å²) in [5.74, 6) is 5.63. The van der Waals surface area contributed by atoms with E-state index in [-0.39, 0.29) is 18.2 Å². The molecule has 2 aromatic carbocycles. The largest absolute Gasteiger partial charge is 0.398 e. The molecule has 1 N–H and O–H groups in total. The maximum atomic E-state index is 12.1. The Morgan fingerprint density at radius 2 is 1.86 bits per heavy atom. The van der Waals surface area contributed by atoms with Gasteiger partial charge in [0.05, 0.1) is 0 Å². The van der Waals surface area contributed by atoms with E-state index in [0.29, 0.717) is 11.3 Å². The smallest absolute Gasteiger partial charge is 0.273 e. The number of rotatable bonds is 6. The van der Waals surface area contributed by atoms with Gasteiger partial charge in [-0.25, -0.2) is 0 Å². The molecule has 0 spiro atoms. The first kappa shape index (κ1) is 21.2. The molecule has 6 nitrogen and oxygen atoms in total. The summed E-state index contributed by atoms with van der Waals surface area (Å²) in [4.78, 5) is 22.3. The summed E-state index contributed by atoms with van der Waals surface area (Å²) in [7, 11) is 2.92. The maximum Gasteiger partial charge on any atom is 0.273 e. The second-order valence-corrected chi connectivity index (χ2v) is 6.39. The lowest BCUT2D eigenvalue weighted by atomic mass is 10.0. The average Bonchev–Trinajstić information content (AvgIpc) is 2.71. The predicted octanol–water partition coefficient (Wildman–Crippen LogP) is 3.49. The molecule has 0 saturated heterocycles. The normalized spacial score (nSPS) is 11.3. The third-order valence-corrected chi connectivity index (χ3v) is 4.26. The van der Waals surface area contributed by atoms with Gasteiger partial charge in [0.15, 0.2) is 5.71 Å². The predicted molar refractivity (Wildman–Crippen MR) is 113 cm³/mol. The van der Waals surface area contributed by atoms with Gasteiger partial charge in [-0.15, -0.1) is 0 Å². The van der Waals surface area contributed by atoms with Crippen molar-refractivity contribution in [1.29, 1.82) is 0 Å². The zero-order chi connectivity index (χ0) is 20.4. The van der Waals surface area contributed by atoms with Gasteiger partial charge in [0.2, 0.25) is 0 Å². The molecule has 0 atom stereocenters. The van der Waals surface area contributed by atoms with Crippen molar-refractivity contribution in [2.24, 2.45) is 10.3 Å². The Labute approximate surface area is 172 Å². The van der Waals surface area contributed by atoms with E-state index in [1.165, 1.54) is 14.2 Å². The first-order valence-corrected chi connectivity index (χ1v) is 9.20. The summed E-state index contributed by atoms with van der Waals surface area (Å²) in [5.41, 5.74) is 2.92. The molecule has 144 valence electrons. The van der Waals surface area contributed by atoms with Crippen molar-refractivity contribution >= 4 is 33.3 Å². The van der Waals surface area contributed by atoms with Gasteiger partial charge in [0, 0.05) is 28.2 Å². The highest BCUT2D eigenvalue weighted by Gasteiger charge is 2.17. The number of oxime groups is 2. The summed E-state index contributed by atoms with van der Waals surface area (Å²) in [6.07, 6.45) is 0. The van der Waals surface area contributed by atoms with Crippen LogP contribution in [0, 0.1) is 11.8 Å². The molecule has 2 rings (SSSR count). The van der Waals surface area contributed by atoms with Crippen LogP contribution >= 0.6 is 15.9 Å². The SMILES string of the molecule is CNC(=O)/C(=N/OC)c1ccccc1CO/N=C(\C)C#Cc1ccccc1Br. The number of amides is 1. The molecule has 0 aliphatic rings. The number of hydrogen-bond donors (Lipinski definition) is 1. The molecule has 1 amide bonds. The number of carbonyl (C=O) groups excluding carboxylic acids is 1. The van der Waals surface area contributed by atoms with E-state index in [4.69, 9.17) is 9.68 Å². The Morgan fingerprint density at radius 1 is 1.14 bits per heavy atom. The number of carbonyl (C=O) groups is 1. The minimum Gasteiger partial charge on any atom is -0.398 e. The van der Waals surface area contributed by atoms with Crippen molar-refractivity contribution in [1.82, 2.24) is 5.32 Å². The number of nitrogens with one attached hydrogen (secondary N) is 1. The van der Waals surface area contributed by atoms with Crippen molar-refractivity contribution in [2.75, 3.05) is 14.2 Å². The second kappa shape index (κ2) is 10.9. The van der Waals surface area contributed by atoms with Crippen LogP contribution in [0.5, 0.6) is 0 Å². The Hall–Kier alpha value is -3.11. The van der Waals surface area contributed by atoms with Crippen molar-refractivity contribution in [3.8, 4) is 11.8 Å². The zero-order valence-electron chi connectivity index (χ0n) is 15.8. The van der Waals surface area contributed by atoms with Crippen LogP contribution < -0.4 is 5.32 Å². The Bertz CT molecular complexity index is 959. The molecule has 0 unspecified atom stereocenters. The quantitative estimate of drug-likeness (QED) is 0.423. The Balaban J connectivity index is 2.13. The Morgan fingerprint density at radius 3 is 2.57 bits per heavy atom. The monoisotopic (exact) mass is 441 g/mol. The molecule has 0 saturated carbocycles. The van der Waals surface area contributed by atoms with E-state index < -0.39 is 0 Å². The van der Waals surface area contributed by atoms with Gasteiger partial charge >= 0.3 is 0 Å². The first-order valence-electron chi connectivity index (χ1n) is 8.41. The zero-order valence-corrected chi connectivity index (χ0v) is 17.4. The van der Waals surface area contributed by atoms with Crippen LogP contribution in [0.15, 0.2) is 63.3 Å². The van der Waals surface area contributed by atoms with Crippen molar-refractivity contribution in [3.05, 3.63) is 69.7 Å². The molecule has 0 heterocycles. The summed E-state index contributed by atoms with van der Waals surface area (Å²) in [5, 5.41) is 10.4. The molecule has 2 aromatic rings. The van der Waals surface area contributed by atoms with Gasteiger partial charge in [0.1, 0.15) is 19.4 Å². The second-order valence-electron chi connectivity index (χ2n) is 5.54. The minimum absolute atomic E-state index is 0.157. The molecule has 7 heteroatoms. The third kappa shape index (κ3) is 5.96. The molecule has 0 radical (unpaired) electrons. The van der Waals surface area contributed by atoms with Gasteiger partial charge in [-0.3, -0.25) is 4.79 Å². The first-order chi connectivity index (χ1) is 13.6. The van der Waals surface area contributed by atoms with Crippen LogP contribution in [0.4, 0.5) is 0 Å². The standard InChI is InChI=1S/C21H20BrN3O3/c1-15(12-13-16-8-5-7-11-19(16)22)24-28-14-17-9-4-6-10-18(17)20(25-27-3)21(26)23-2/h4-11H,14H2,1-3H3,(H,23,26)/b24-15+,25-20+. The number of likely N-dealkylation sites (N-methyl/N-ethyl adjacent to an activating group) is 1. The summed E-state index contributed by atoms with van der Waals surface area (Å²) in [6, 6.07) is 14.9. The highest BCUT2D eigenvalue weighted by Crippen LogP contribution is 2.14. The van der Waals surface area contributed by atoms with Gasteiger partial charge < -0.3 is 15.0 Å². The topological polar surface area (TPSA) is 72.3 Å². The average molecular weight is 442 g/mol. The van der Waals surface area contributed by atoms with Gasteiger partial charge in [-0.05, 0) is 40.9 Å². The maximum absolute atomic E-state index is 12.1. The summed E-state index contributed by atoms with van der Waals surface area (Å²) >= 11 is 3.45. The van der Waals surface area contributed by atoms with E-state index in [2.05, 4.69) is 43.4 Å². The molecule has 0 aromatic heterocycles. The fourth-order valence-corrected chi connectivity index (χ4v) is 2.63. The molecule has 0 aliphatic carbocycles. The fourth-order valence-electron chi connectivity index (χ4n) is 2.24. The van der Waals surface area contributed by atoms with Crippen LogP contribution in [0.1, 0.15) is 23.6 Å². The number of hydrogen-bond acceptors (Lipinski definition) is 5. The lowest BCUT2D eigenvalue weighted by molar-refractivity contribution is -0.114. The van der Waals surface area contributed by atoms with Crippen LogP contribution in [0.3, 0.4) is 0 Å². The van der Waals surface area contributed by atoms with Crippen LogP contribution in [-0.4, -0.2) is 31.5 Å². The molecule has 0 bridgehead atoms. The molecular formula is C21H20BrN3O3. The third-order valence-electron chi connectivity index (χ3n) is 3.57. The highest BCUT2D eigenvalue weighted by molar-refractivity contribution is 9.10. The van der Waals surface area contributed by atoms with Crippen molar-refractivity contribution in [2.45, 2.75) is 13.5 Å². The van der Waals surface area contributed by atoms with Crippen molar-refractivity contribution < 1.29 is 14.5 Å². The van der Waals surface area contributed by atoms with E-state index in [0.717, 1.165) is 15.6 Å². The van der Waals surface area contributed by atoms with Crippen LogP contribution in [-0.2, 0) is 21.1 Å². The van der Waals surface area contributed by atoms with Gasteiger partial charge in [-0.1, -0.05) is 52.6 Å². The summed E-state index contributed by atoms with van der Waals surface area (Å²) < 4.78 is 0.921. The number of nitrogens with zero attached hydrogens (tertiary/aromatic N) is 2. The van der Waals surface area contributed by atoms with Crippen LogP contribution in [0.25, 0.3) is 0 Å². The van der Waals surface area contributed by atoms with E-state index in [9.17, 15) is 4.79 Å². The van der Waals surface area contributed by atoms with Crippen LogP contribution in [0.2, 0.25) is 0 Å². The Kier molecular flexibility index (Phi) is 8.25. The molecule has 0 fully saturated rings. The lowest BCUT2D eigenvalue weighted by Gasteiger charge is -2.09. The summed E-state index contributed by atoms with van der Waals surface area (Å²) in [6.45, 7) is 1.92. The molecular weight excluding hydrogens is 422 g/mol. The number of benzene rings is 2. The molecule has 28 heavy (non-hydrogen) atoms.